The van der Waals surface area contributed by atoms with Gasteiger partial charge in [-0.1, -0.05) is 6.07 Å². The van der Waals surface area contributed by atoms with E-state index in [1.807, 2.05) is 13.0 Å². The van der Waals surface area contributed by atoms with Gasteiger partial charge in [-0.05, 0) is 31.5 Å². The van der Waals surface area contributed by atoms with E-state index in [9.17, 15) is 9.59 Å². The van der Waals surface area contributed by atoms with Crippen molar-refractivity contribution in [3.63, 3.8) is 0 Å². The number of aryl methyl sites for hydroxylation is 2. The molecule has 2 N–H and O–H groups in total. The Balaban J connectivity index is 2.95. The molecular formula is C12H11NO3. The van der Waals surface area contributed by atoms with E-state index in [4.69, 9.17) is 5.11 Å². The van der Waals surface area contributed by atoms with Crippen LogP contribution in [-0.2, 0) is 0 Å². The van der Waals surface area contributed by atoms with Crippen molar-refractivity contribution < 1.29 is 9.90 Å². The molecular weight excluding hydrogens is 206 g/mol. The van der Waals surface area contributed by atoms with Crippen LogP contribution >= 0.6 is 0 Å². The number of pyridine rings is 1. The summed E-state index contributed by atoms with van der Waals surface area (Å²) in [5, 5.41) is 9.35. The van der Waals surface area contributed by atoms with Gasteiger partial charge < -0.3 is 10.1 Å². The number of carbonyl (C=O) groups is 1. The zero-order valence-corrected chi connectivity index (χ0v) is 9.00. The molecule has 4 nitrogen and oxygen atoms in total. The predicted molar refractivity (Wildman–Crippen MR) is 61.0 cm³/mol. The third-order valence-corrected chi connectivity index (χ3v) is 2.56. The minimum absolute atomic E-state index is 0.184. The van der Waals surface area contributed by atoms with Crippen LogP contribution in [0.5, 0.6) is 0 Å². The second-order valence-corrected chi connectivity index (χ2v) is 3.81. The quantitative estimate of drug-likeness (QED) is 0.765. The maximum Gasteiger partial charge on any atom is 0.341 e. The van der Waals surface area contributed by atoms with Crippen LogP contribution in [0.4, 0.5) is 0 Å². The Morgan fingerprint density at radius 3 is 2.62 bits per heavy atom. The van der Waals surface area contributed by atoms with Gasteiger partial charge in [-0.25, -0.2) is 4.79 Å². The second kappa shape index (κ2) is 3.48. The average Bonchev–Trinajstić information content (AvgIpc) is 2.15. The van der Waals surface area contributed by atoms with Gasteiger partial charge in [0.2, 0.25) is 5.43 Å². The minimum atomic E-state index is -1.19. The Hall–Kier alpha value is -2.10. The topological polar surface area (TPSA) is 70.2 Å². The first-order valence-corrected chi connectivity index (χ1v) is 4.87. The van der Waals surface area contributed by atoms with Crippen LogP contribution < -0.4 is 5.43 Å². The summed E-state index contributed by atoms with van der Waals surface area (Å²) in [6.45, 7) is 3.50. The smallest absolute Gasteiger partial charge is 0.341 e. The van der Waals surface area contributed by atoms with Gasteiger partial charge >= 0.3 is 5.97 Å². The van der Waals surface area contributed by atoms with Crippen LogP contribution in [0.3, 0.4) is 0 Å². The van der Waals surface area contributed by atoms with E-state index in [2.05, 4.69) is 4.98 Å². The molecule has 0 unspecified atom stereocenters. The summed E-state index contributed by atoms with van der Waals surface area (Å²) < 4.78 is 0. The Morgan fingerprint density at radius 1 is 1.31 bits per heavy atom. The van der Waals surface area contributed by atoms with Crippen LogP contribution in [0.15, 0.2) is 23.0 Å². The number of benzene rings is 1. The Labute approximate surface area is 91.5 Å². The fourth-order valence-electron chi connectivity index (χ4n) is 1.79. The molecule has 0 saturated heterocycles. The van der Waals surface area contributed by atoms with Gasteiger partial charge in [-0.2, -0.15) is 0 Å². The lowest BCUT2D eigenvalue weighted by molar-refractivity contribution is 0.0694. The van der Waals surface area contributed by atoms with E-state index < -0.39 is 11.4 Å². The van der Waals surface area contributed by atoms with Crippen molar-refractivity contribution >= 4 is 16.9 Å². The first-order valence-electron chi connectivity index (χ1n) is 4.87. The standard InChI is InChI=1S/C12H11NO3/c1-6-3-4-8-9(5-6)13-7(2)10(11(8)14)12(15)16/h3-5H,1-2H3,(H,13,14)(H,15,16). The molecule has 1 heterocycles. The number of H-pyrrole nitrogens is 1. The predicted octanol–water partition coefficient (Wildman–Crippen LogP) is 1.84. The highest BCUT2D eigenvalue weighted by molar-refractivity contribution is 5.93. The number of carboxylic acid groups (broad SMARTS) is 1. The molecule has 0 saturated carbocycles. The van der Waals surface area contributed by atoms with Crippen LogP contribution in [0, 0.1) is 13.8 Å². The Kier molecular flexibility index (Phi) is 2.27. The molecule has 2 rings (SSSR count). The van der Waals surface area contributed by atoms with E-state index >= 15 is 0 Å². The van der Waals surface area contributed by atoms with Gasteiger partial charge in [0.05, 0.1) is 0 Å². The van der Waals surface area contributed by atoms with Crippen molar-refractivity contribution in [3.8, 4) is 0 Å². The third kappa shape index (κ3) is 1.48. The molecule has 0 fully saturated rings. The lowest BCUT2D eigenvalue weighted by atomic mass is 10.1. The number of hydrogen-bond acceptors (Lipinski definition) is 2. The Bertz CT molecular complexity index is 640. The number of aromatic amines is 1. The Morgan fingerprint density at radius 2 is 2.00 bits per heavy atom. The molecule has 1 aromatic carbocycles. The van der Waals surface area contributed by atoms with Gasteiger partial charge in [0.1, 0.15) is 5.56 Å². The van der Waals surface area contributed by atoms with Crippen LogP contribution in [0.1, 0.15) is 21.6 Å². The monoisotopic (exact) mass is 217 g/mol. The average molecular weight is 217 g/mol. The fourth-order valence-corrected chi connectivity index (χ4v) is 1.79. The highest BCUT2D eigenvalue weighted by Gasteiger charge is 2.15. The summed E-state index contributed by atoms with van der Waals surface area (Å²) in [7, 11) is 0. The van der Waals surface area contributed by atoms with Gasteiger partial charge in [0.15, 0.2) is 0 Å². The van der Waals surface area contributed by atoms with Gasteiger partial charge in [0.25, 0.3) is 0 Å². The highest BCUT2D eigenvalue weighted by Crippen LogP contribution is 2.13. The van der Waals surface area contributed by atoms with Crippen LogP contribution in [0.2, 0.25) is 0 Å². The maximum absolute atomic E-state index is 11.9. The second-order valence-electron chi connectivity index (χ2n) is 3.81. The molecule has 82 valence electrons. The first-order chi connectivity index (χ1) is 7.50. The molecule has 4 heteroatoms. The number of nitrogens with one attached hydrogen (secondary N) is 1. The molecule has 1 aromatic heterocycles. The molecule has 0 spiro atoms. The SMILES string of the molecule is Cc1ccc2c(=O)c(C(=O)O)c(C)[nH]c2c1. The summed E-state index contributed by atoms with van der Waals surface area (Å²) in [6.07, 6.45) is 0. The molecule has 0 aliphatic carbocycles. The third-order valence-electron chi connectivity index (χ3n) is 2.56. The summed E-state index contributed by atoms with van der Waals surface area (Å²) in [4.78, 5) is 25.8. The summed E-state index contributed by atoms with van der Waals surface area (Å²) in [5.41, 5.74) is 1.46. The number of fused-ring (bicyclic) bond motifs is 1. The molecule has 2 aromatic rings. The van der Waals surface area contributed by atoms with E-state index in [1.165, 1.54) is 0 Å². The van der Waals surface area contributed by atoms with Crippen molar-refractivity contribution in [2.24, 2.45) is 0 Å². The number of hydrogen-bond donors (Lipinski definition) is 2. The van der Waals surface area contributed by atoms with Crippen molar-refractivity contribution in [2.75, 3.05) is 0 Å². The maximum atomic E-state index is 11.9. The van der Waals surface area contributed by atoms with Crippen molar-refractivity contribution in [1.82, 2.24) is 4.98 Å². The van der Waals surface area contributed by atoms with Crippen molar-refractivity contribution in [3.05, 3.63) is 45.2 Å². The molecule has 0 bridgehead atoms. The largest absolute Gasteiger partial charge is 0.477 e. The lowest BCUT2D eigenvalue weighted by Gasteiger charge is -2.04. The van der Waals surface area contributed by atoms with Gasteiger partial charge in [-0.15, -0.1) is 0 Å². The zero-order chi connectivity index (χ0) is 11.9. The molecule has 0 radical (unpaired) electrons. The molecule has 16 heavy (non-hydrogen) atoms. The first kappa shape index (κ1) is 10.4. The van der Waals surface area contributed by atoms with Crippen LogP contribution in [-0.4, -0.2) is 16.1 Å². The van der Waals surface area contributed by atoms with Crippen molar-refractivity contribution in [1.29, 1.82) is 0 Å². The minimum Gasteiger partial charge on any atom is -0.477 e. The van der Waals surface area contributed by atoms with E-state index in [-0.39, 0.29) is 5.56 Å². The summed E-state index contributed by atoms with van der Waals surface area (Å²) >= 11 is 0. The summed E-state index contributed by atoms with van der Waals surface area (Å²) in [5.74, 6) is -1.19. The molecule has 0 aliphatic rings. The van der Waals surface area contributed by atoms with Gasteiger partial charge in [0, 0.05) is 16.6 Å². The fraction of sp³-hybridized carbons (Fsp3) is 0.167. The molecule has 0 amide bonds. The molecule has 0 aliphatic heterocycles. The number of carboxylic acids is 1. The summed E-state index contributed by atoms with van der Waals surface area (Å²) in [6, 6.07) is 5.27. The van der Waals surface area contributed by atoms with E-state index in [1.54, 1.807) is 19.1 Å². The number of rotatable bonds is 1. The van der Waals surface area contributed by atoms with Crippen LogP contribution in [0.25, 0.3) is 10.9 Å². The number of aromatic carboxylic acids is 1. The highest BCUT2D eigenvalue weighted by atomic mass is 16.4. The normalized spacial score (nSPS) is 10.6. The van der Waals surface area contributed by atoms with Gasteiger partial charge in [-0.3, -0.25) is 4.79 Å². The van der Waals surface area contributed by atoms with Crippen molar-refractivity contribution in [2.45, 2.75) is 13.8 Å². The lowest BCUT2D eigenvalue weighted by Crippen LogP contribution is -2.18. The number of aromatic nitrogens is 1. The van der Waals surface area contributed by atoms with E-state index in [0.717, 1.165) is 5.56 Å². The van der Waals surface area contributed by atoms with E-state index in [0.29, 0.717) is 16.6 Å². The zero-order valence-electron chi connectivity index (χ0n) is 9.00. The molecule has 0 atom stereocenters.